The molecule has 0 spiro atoms. The summed E-state index contributed by atoms with van der Waals surface area (Å²) in [5, 5.41) is 2.64. The Balaban J connectivity index is 2.23. The largest absolute Gasteiger partial charge is 0.371 e. The van der Waals surface area contributed by atoms with Crippen molar-refractivity contribution in [2.24, 2.45) is 0 Å². The number of nitrogens with one attached hydrogen (secondary N) is 1. The summed E-state index contributed by atoms with van der Waals surface area (Å²) in [4.78, 5) is 17.7. The normalized spacial score (nSPS) is 15.8. The molecule has 2 rings (SSSR count). The molecule has 17 heavy (non-hydrogen) atoms. The number of halogens is 1. The second-order valence-corrected chi connectivity index (χ2v) is 4.12. The highest BCUT2D eigenvalue weighted by Gasteiger charge is 2.22. The van der Waals surface area contributed by atoms with Crippen molar-refractivity contribution in [3.63, 3.8) is 0 Å². The van der Waals surface area contributed by atoms with Crippen LogP contribution in [0.2, 0.25) is 0 Å². The Morgan fingerprint density at radius 2 is 2.12 bits per heavy atom. The number of carbonyl (C=O) groups excluding carboxylic acids is 1. The molecule has 0 saturated carbocycles. The van der Waals surface area contributed by atoms with E-state index in [4.69, 9.17) is 0 Å². The molecule has 5 heteroatoms. The molecule has 1 aromatic heterocycles. The van der Waals surface area contributed by atoms with Crippen LogP contribution < -0.4 is 5.32 Å². The number of piperidine rings is 1. The van der Waals surface area contributed by atoms with E-state index in [1.807, 2.05) is 0 Å². The van der Waals surface area contributed by atoms with Crippen LogP contribution in [0.15, 0.2) is 12.3 Å². The lowest BCUT2D eigenvalue weighted by molar-refractivity contribution is 0.0719. The van der Waals surface area contributed by atoms with Crippen LogP contribution in [0.3, 0.4) is 0 Å². The van der Waals surface area contributed by atoms with Crippen LogP contribution in [0.4, 0.5) is 10.2 Å². The molecule has 1 amide bonds. The van der Waals surface area contributed by atoms with E-state index in [9.17, 15) is 9.18 Å². The van der Waals surface area contributed by atoms with Crippen LogP contribution in [-0.4, -0.2) is 35.9 Å². The maximum Gasteiger partial charge on any atom is 0.257 e. The summed E-state index contributed by atoms with van der Waals surface area (Å²) in [5.41, 5.74) is 0.103. The molecule has 1 aliphatic rings. The van der Waals surface area contributed by atoms with Gasteiger partial charge in [-0.15, -0.1) is 0 Å². The molecular weight excluding hydrogens is 221 g/mol. The lowest BCUT2D eigenvalue weighted by Crippen LogP contribution is -2.36. The molecule has 0 unspecified atom stereocenters. The summed E-state index contributed by atoms with van der Waals surface area (Å²) in [5.74, 6) is -0.681. The van der Waals surface area contributed by atoms with E-state index < -0.39 is 5.82 Å². The fourth-order valence-electron chi connectivity index (χ4n) is 2.05. The van der Waals surface area contributed by atoms with Crippen molar-refractivity contribution < 1.29 is 9.18 Å². The number of anilines is 1. The molecule has 0 aliphatic carbocycles. The number of nitrogens with zero attached hydrogens (tertiary/aromatic N) is 2. The number of hydrogen-bond acceptors (Lipinski definition) is 3. The summed E-state index contributed by atoms with van der Waals surface area (Å²) in [6, 6.07) is 1.44. The highest BCUT2D eigenvalue weighted by Crippen LogP contribution is 2.18. The van der Waals surface area contributed by atoms with E-state index in [-0.39, 0.29) is 17.3 Å². The topological polar surface area (TPSA) is 45.2 Å². The zero-order valence-corrected chi connectivity index (χ0v) is 9.87. The van der Waals surface area contributed by atoms with E-state index >= 15 is 0 Å². The molecule has 2 heterocycles. The second-order valence-electron chi connectivity index (χ2n) is 4.12. The Hall–Kier alpha value is -1.65. The average Bonchev–Trinajstić information content (AvgIpc) is 2.39. The van der Waals surface area contributed by atoms with E-state index in [2.05, 4.69) is 10.3 Å². The average molecular weight is 237 g/mol. The number of pyridine rings is 1. The maximum atomic E-state index is 13.9. The quantitative estimate of drug-likeness (QED) is 0.854. The zero-order valence-electron chi connectivity index (χ0n) is 9.87. The predicted octanol–water partition coefficient (Wildman–Crippen LogP) is 1.89. The molecule has 1 saturated heterocycles. The molecule has 0 radical (unpaired) electrons. The smallest absolute Gasteiger partial charge is 0.257 e. The van der Waals surface area contributed by atoms with Crippen molar-refractivity contribution >= 4 is 11.7 Å². The number of likely N-dealkylation sites (tertiary alicyclic amines) is 1. The van der Waals surface area contributed by atoms with Gasteiger partial charge in [0.25, 0.3) is 5.91 Å². The number of hydrogen-bond donors (Lipinski definition) is 1. The van der Waals surface area contributed by atoms with Gasteiger partial charge in [-0.3, -0.25) is 4.79 Å². The van der Waals surface area contributed by atoms with Crippen molar-refractivity contribution in [1.82, 2.24) is 9.88 Å². The summed E-state index contributed by atoms with van der Waals surface area (Å²) < 4.78 is 13.9. The van der Waals surface area contributed by atoms with E-state index in [1.54, 1.807) is 11.9 Å². The third-order valence-corrected chi connectivity index (χ3v) is 3.00. The maximum absolute atomic E-state index is 13.9. The zero-order chi connectivity index (χ0) is 12.3. The lowest BCUT2D eigenvalue weighted by Gasteiger charge is -2.26. The predicted molar refractivity (Wildman–Crippen MR) is 63.5 cm³/mol. The van der Waals surface area contributed by atoms with Gasteiger partial charge in [-0.25, -0.2) is 9.37 Å². The Morgan fingerprint density at radius 3 is 2.76 bits per heavy atom. The summed E-state index contributed by atoms with van der Waals surface area (Å²) in [7, 11) is 1.58. The van der Waals surface area contributed by atoms with Crippen LogP contribution in [0.5, 0.6) is 0 Å². The highest BCUT2D eigenvalue weighted by atomic mass is 19.1. The first kappa shape index (κ1) is 11.8. The lowest BCUT2D eigenvalue weighted by atomic mass is 10.1. The first-order valence-corrected chi connectivity index (χ1v) is 5.85. The van der Waals surface area contributed by atoms with E-state index in [1.165, 1.54) is 12.3 Å². The van der Waals surface area contributed by atoms with Crippen LogP contribution in [-0.2, 0) is 0 Å². The summed E-state index contributed by atoms with van der Waals surface area (Å²) >= 11 is 0. The monoisotopic (exact) mass is 237 g/mol. The summed E-state index contributed by atoms with van der Waals surface area (Å²) in [6.45, 7) is 1.44. The van der Waals surface area contributed by atoms with Crippen molar-refractivity contribution in [2.75, 3.05) is 25.5 Å². The Kier molecular flexibility index (Phi) is 3.56. The first-order chi connectivity index (χ1) is 8.24. The van der Waals surface area contributed by atoms with Crippen molar-refractivity contribution in [3.05, 3.63) is 23.6 Å². The van der Waals surface area contributed by atoms with Gasteiger partial charge >= 0.3 is 0 Å². The molecule has 92 valence electrons. The van der Waals surface area contributed by atoms with Crippen LogP contribution in [0.25, 0.3) is 0 Å². The molecule has 1 aromatic rings. The molecular formula is C12H16FN3O. The van der Waals surface area contributed by atoms with Gasteiger partial charge in [0, 0.05) is 26.3 Å². The molecule has 0 atom stereocenters. The minimum Gasteiger partial charge on any atom is -0.371 e. The molecule has 0 aromatic carbocycles. The Labute approximate surface area is 99.8 Å². The van der Waals surface area contributed by atoms with Crippen LogP contribution in [0.1, 0.15) is 29.6 Å². The fourth-order valence-corrected chi connectivity index (χ4v) is 2.05. The number of rotatable bonds is 2. The van der Waals surface area contributed by atoms with Gasteiger partial charge in [-0.2, -0.15) is 0 Å². The Bertz CT molecular complexity index is 416. The summed E-state index contributed by atoms with van der Waals surface area (Å²) in [6.07, 6.45) is 4.59. The second kappa shape index (κ2) is 5.12. The van der Waals surface area contributed by atoms with Crippen LogP contribution in [0, 0.1) is 5.82 Å². The molecule has 4 nitrogen and oxygen atoms in total. The minimum atomic E-state index is -0.564. The molecule has 0 bridgehead atoms. The molecule has 1 aliphatic heterocycles. The third kappa shape index (κ3) is 2.38. The number of carbonyl (C=O) groups is 1. The SMILES string of the molecule is CNc1nccc(C(=O)N2CCCCC2)c1F. The van der Waals surface area contributed by atoms with Gasteiger partial charge in [0.2, 0.25) is 0 Å². The van der Waals surface area contributed by atoms with Crippen molar-refractivity contribution in [3.8, 4) is 0 Å². The van der Waals surface area contributed by atoms with Crippen molar-refractivity contribution in [2.45, 2.75) is 19.3 Å². The molecule has 1 fully saturated rings. The van der Waals surface area contributed by atoms with Gasteiger partial charge in [0.05, 0.1) is 5.56 Å². The minimum absolute atomic E-state index is 0.103. The van der Waals surface area contributed by atoms with Gasteiger partial charge in [-0.05, 0) is 25.3 Å². The molecule has 1 N–H and O–H groups in total. The van der Waals surface area contributed by atoms with Gasteiger partial charge < -0.3 is 10.2 Å². The fraction of sp³-hybridized carbons (Fsp3) is 0.500. The number of aromatic nitrogens is 1. The van der Waals surface area contributed by atoms with Gasteiger partial charge in [0.15, 0.2) is 11.6 Å². The first-order valence-electron chi connectivity index (χ1n) is 5.85. The van der Waals surface area contributed by atoms with Crippen molar-refractivity contribution in [1.29, 1.82) is 0 Å². The van der Waals surface area contributed by atoms with Gasteiger partial charge in [0.1, 0.15) is 0 Å². The van der Waals surface area contributed by atoms with Gasteiger partial charge in [-0.1, -0.05) is 0 Å². The Morgan fingerprint density at radius 1 is 1.41 bits per heavy atom. The van der Waals surface area contributed by atoms with Crippen LogP contribution >= 0.6 is 0 Å². The third-order valence-electron chi connectivity index (χ3n) is 3.00. The number of amides is 1. The highest BCUT2D eigenvalue weighted by molar-refractivity contribution is 5.95. The van der Waals surface area contributed by atoms with E-state index in [0.29, 0.717) is 0 Å². The van der Waals surface area contributed by atoms with E-state index in [0.717, 1.165) is 32.4 Å². The standard InChI is InChI=1S/C12H16FN3O/c1-14-11-10(13)9(5-6-15-11)12(17)16-7-3-2-4-8-16/h5-6H,2-4,7-8H2,1H3,(H,14,15).